The highest BCUT2D eigenvalue weighted by molar-refractivity contribution is 5.47. The third kappa shape index (κ3) is 4.69. The molecule has 0 bridgehead atoms. The second-order valence-corrected chi connectivity index (χ2v) is 6.11. The van der Waals surface area contributed by atoms with Gasteiger partial charge in [0.15, 0.2) is 11.5 Å². The van der Waals surface area contributed by atoms with E-state index in [9.17, 15) is 0 Å². The summed E-state index contributed by atoms with van der Waals surface area (Å²) in [6.45, 7) is 3.33. The summed E-state index contributed by atoms with van der Waals surface area (Å²) >= 11 is 0. The molecule has 8 heteroatoms. The maximum atomic E-state index is 5.78. The molecule has 2 rings (SSSR count). The number of methoxy groups -OCH3 is 2. The Morgan fingerprint density at radius 3 is 2.20 bits per heavy atom. The molecule has 0 unspecified atom stereocenters. The summed E-state index contributed by atoms with van der Waals surface area (Å²) in [4.78, 5) is 16.7. The zero-order valence-corrected chi connectivity index (χ0v) is 15.7. The normalized spacial score (nSPS) is 10.8. The van der Waals surface area contributed by atoms with Gasteiger partial charge >= 0.3 is 0 Å². The summed E-state index contributed by atoms with van der Waals surface area (Å²) in [5.41, 5.74) is 8.06. The zero-order valence-electron chi connectivity index (χ0n) is 15.7. The van der Waals surface area contributed by atoms with Crippen molar-refractivity contribution in [2.24, 2.45) is 0 Å². The molecule has 0 aliphatic rings. The van der Waals surface area contributed by atoms with Crippen molar-refractivity contribution in [3.8, 4) is 11.5 Å². The van der Waals surface area contributed by atoms with Crippen molar-refractivity contribution in [3.63, 3.8) is 0 Å². The number of rotatable bonds is 7. The predicted molar refractivity (Wildman–Crippen MR) is 98.0 cm³/mol. The maximum absolute atomic E-state index is 5.78. The van der Waals surface area contributed by atoms with E-state index in [2.05, 4.69) is 26.8 Å². The summed E-state index contributed by atoms with van der Waals surface area (Å²) in [5, 5.41) is 0. The van der Waals surface area contributed by atoms with Crippen LogP contribution in [0.5, 0.6) is 11.5 Å². The summed E-state index contributed by atoms with van der Waals surface area (Å²) < 4.78 is 10.7. The highest BCUT2D eigenvalue weighted by atomic mass is 16.5. The van der Waals surface area contributed by atoms with Gasteiger partial charge in [-0.2, -0.15) is 15.0 Å². The molecule has 0 amide bonds. The average Bonchev–Trinajstić information content (AvgIpc) is 2.55. The first-order valence-electron chi connectivity index (χ1n) is 7.91. The van der Waals surface area contributed by atoms with Gasteiger partial charge in [-0.1, -0.05) is 0 Å². The number of nitrogens with zero attached hydrogens (tertiary/aromatic N) is 5. The molecule has 1 aromatic heterocycles. The number of ether oxygens (including phenoxy) is 2. The standard InChI is InChI=1S/C17H26N6O2/c1-11-7-13(24-5)14(25-6)8-12(11)9-23(4)10-15-19-16(18)21-17(20-15)22(2)3/h7-8H,9-10H2,1-6H3,(H2,18,19,20,21). The number of hydrogen-bond acceptors (Lipinski definition) is 8. The van der Waals surface area contributed by atoms with Crippen molar-refractivity contribution < 1.29 is 9.47 Å². The third-order valence-corrected chi connectivity index (χ3v) is 3.78. The van der Waals surface area contributed by atoms with E-state index in [-0.39, 0.29) is 5.95 Å². The highest BCUT2D eigenvalue weighted by Crippen LogP contribution is 2.30. The molecule has 136 valence electrons. The molecule has 0 atom stereocenters. The van der Waals surface area contributed by atoms with Crippen LogP contribution in [0.25, 0.3) is 0 Å². The number of nitrogen functional groups attached to an aromatic ring is 1. The largest absolute Gasteiger partial charge is 0.493 e. The summed E-state index contributed by atoms with van der Waals surface area (Å²) in [7, 11) is 9.02. The van der Waals surface area contributed by atoms with E-state index >= 15 is 0 Å². The van der Waals surface area contributed by atoms with Gasteiger partial charge in [0, 0.05) is 20.6 Å². The third-order valence-electron chi connectivity index (χ3n) is 3.78. The molecule has 0 saturated carbocycles. The van der Waals surface area contributed by atoms with Crippen LogP contribution in [-0.2, 0) is 13.1 Å². The van der Waals surface area contributed by atoms with E-state index < -0.39 is 0 Å². The molecule has 0 spiro atoms. The molecule has 0 saturated heterocycles. The molecule has 1 aromatic carbocycles. The van der Waals surface area contributed by atoms with E-state index in [1.807, 2.05) is 33.3 Å². The molecular formula is C17H26N6O2. The summed E-state index contributed by atoms with van der Waals surface area (Å²) in [6, 6.07) is 3.98. The number of hydrogen-bond donors (Lipinski definition) is 1. The Balaban J connectivity index is 2.16. The summed E-state index contributed by atoms with van der Waals surface area (Å²) in [5.74, 6) is 2.86. The van der Waals surface area contributed by atoms with Gasteiger partial charge in [-0.05, 0) is 37.2 Å². The van der Waals surface area contributed by atoms with Crippen LogP contribution >= 0.6 is 0 Å². The van der Waals surface area contributed by atoms with Gasteiger partial charge in [0.2, 0.25) is 11.9 Å². The van der Waals surface area contributed by atoms with Crippen LogP contribution in [0.4, 0.5) is 11.9 Å². The van der Waals surface area contributed by atoms with Crippen molar-refractivity contribution >= 4 is 11.9 Å². The van der Waals surface area contributed by atoms with E-state index in [0.29, 0.717) is 18.3 Å². The fourth-order valence-corrected chi connectivity index (χ4v) is 2.48. The number of aromatic nitrogens is 3. The Labute approximate surface area is 148 Å². The van der Waals surface area contributed by atoms with Crippen LogP contribution in [0.2, 0.25) is 0 Å². The zero-order chi connectivity index (χ0) is 18.6. The van der Waals surface area contributed by atoms with Gasteiger partial charge in [0.25, 0.3) is 0 Å². The fraction of sp³-hybridized carbons (Fsp3) is 0.471. The Bertz CT molecular complexity index is 735. The van der Waals surface area contributed by atoms with E-state index in [1.165, 1.54) is 0 Å². The predicted octanol–water partition coefficient (Wildman–Crippen LogP) is 1.48. The van der Waals surface area contributed by atoms with Crippen molar-refractivity contribution in [2.45, 2.75) is 20.0 Å². The molecule has 0 radical (unpaired) electrons. The first kappa shape index (κ1) is 18.7. The Morgan fingerprint density at radius 2 is 1.60 bits per heavy atom. The minimum Gasteiger partial charge on any atom is -0.493 e. The average molecular weight is 346 g/mol. The Kier molecular flexibility index (Phi) is 5.97. The van der Waals surface area contributed by atoms with Crippen LogP contribution in [0.3, 0.4) is 0 Å². The molecule has 8 nitrogen and oxygen atoms in total. The van der Waals surface area contributed by atoms with Crippen molar-refractivity contribution in [1.82, 2.24) is 19.9 Å². The molecule has 0 aliphatic heterocycles. The lowest BCUT2D eigenvalue weighted by Crippen LogP contribution is -2.22. The van der Waals surface area contributed by atoms with E-state index in [1.54, 1.807) is 19.1 Å². The van der Waals surface area contributed by atoms with Crippen LogP contribution < -0.4 is 20.1 Å². The monoisotopic (exact) mass is 346 g/mol. The number of benzene rings is 1. The van der Waals surface area contributed by atoms with Crippen molar-refractivity contribution in [3.05, 3.63) is 29.1 Å². The first-order valence-corrected chi connectivity index (χ1v) is 7.91. The van der Waals surface area contributed by atoms with Crippen molar-refractivity contribution in [1.29, 1.82) is 0 Å². The minimum absolute atomic E-state index is 0.226. The minimum atomic E-state index is 0.226. The number of anilines is 2. The van der Waals surface area contributed by atoms with E-state index in [4.69, 9.17) is 15.2 Å². The molecule has 25 heavy (non-hydrogen) atoms. The SMILES string of the molecule is COc1cc(C)c(CN(C)Cc2nc(N)nc(N(C)C)n2)cc1OC. The second kappa shape index (κ2) is 7.98. The fourth-order valence-electron chi connectivity index (χ4n) is 2.48. The molecule has 1 heterocycles. The Hall–Kier alpha value is -2.61. The van der Waals surface area contributed by atoms with Gasteiger partial charge < -0.3 is 20.1 Å². The molecule has 0 fully saturated rings. The lowest BCUT2D eigenvalue weighted by Gasteiger charge is -2.19. The highest BCUT2D eigenvalue weighted by Gasteiger charge is 2.13. The topological polar surface area (TPSA) is 89.6 Å². The van der Waals surface area contributed by atoms with Gasteiger partial charge in [0.1, 0.15) is 5.82 Å². The summed E-state index contributed by atoms with van der Waals surface area (Å²) in [6.07, 6.45) is 0. The molecule has 2 aromatic rings. The number of nitrogens with two attached hydrogens (primary N) is 1. The quantitative estimate of drug-likeness (QED) is 0.806. The van der Waals surface area contributed by atoms with Crippen LogP contribution in [-0.4, -0.2) is 55.2 Å². The number of aryl methyl sites for hydroxylation is 1. The first-order chi connectivity index (χ1) is 11.8. The van der Waals surface area contributed by atoms with Gasteiger partial charge in [-0.25, -0.2) is 0 Å². The molecular weight excluding hydrogens is 320 g/mol. The lowest BCUT2D eigenvalue weighted by atomic mass is 10.1. The van der Waals surface area contributed by atoms with Gasteiger partial charge in [0.05, 0.1) is 20.8 Å². The van der Waals surface area contributed by atoms with Crippen LogP contribution in [0.1, 0.15) is 17.0 Å². The van der Waals surface area contributed by atoms with E-state index in [0.717, 1.165) is 29.2 Å². The van der Waals surface area contributed by atoms with Gasteiger partial charge in [-0.15, -0.1) is 0 Å². The van der Waals surface area contributed by atoms with Crippen molar-refractivity contribution in [2.75, 3.05) is 46.0 Å². The molecule has 0 aliphatic carbocycles. The Morgan fingerprint density at radius 1 is 0.960 bits per heavy atom. The lowest BCUT2D eigenvalue weighted by molar-refractivity contribution is 0.307. The second-order valence-electron chi connectivity index (χ2n) is 6.11. The smallest absolute Gasteiger partial charge is 0.229 e. The van der Waals surface area contributed by atoms with Crippen LogP contribution in [0.15, 0.2) is 12.1 Å². The van der Waals surface area contributed by atoms with Crippen LogP contribution in [0, 0.1) is 6.92 Å². The van der Waals surface area contributed by atoms with Gasteiger partial charge in [-0.3, -0.25) is 4.90 Å². The molecule has 2 N–H and O–H groups in total. The maximum Gasteiger partial charge on any atom is 0.229 e.